The van der Waals surface area contributed by atoms with E-state index in [1.807, 2.05) is 13.0 Å². The van der Waals surface area contributed by atoms with Gasteiger partial charge in [-0.25, -0.2) is 9.97 Å². The molecule has 0 radical (unpaired) electrons. The van der Waals surface area contributed by atoms with Crippen LogP contribution >= 0.6 is 0 Å². The van der Waals surface area contributed by atoms with Crippen molar-refractivity contribution in [3.63, 3.8) is 0 Å². The quantitative estimate of drug-likeness (QED) is 0.857. The number of benzene rings is 1. The smallest absolute Gasteiger partial charge is 0.135 e. The Labute approximate surface area is 155 Å². The first-order chi connectivity index (χ1) is 12.5. The molecule has 1 aromatic carbocycles. The third-order valence-corrected chi connectivity index (χ3v) is 5.22. The molecule has 4 rings (SSSR count). The minimum Gasteiger partial charge on any atom is -0.389 e. The second kappa shape index (κ2) is 6.88. The van der Waals surface area contributed by atoms with Gasteiger partial charge in [0.15, 0.2) is 0 Å². The van der Waals surface area contributed by atoms with Gasteiger partial charge in [0, 0.05) is 31.1 Å². The first-order valence-corrected chi connectivity index (χ1v) is 9.70. The first kappa shape index (κ1) is 17.3. The van der Waals surface area contributed by atoms with Gasteiger partial charge in [0.1, 0.15) is 17.5 Å². The number of nitrogens with zero attached hydrogens (tertiary/aromatic N) is 3. The zero-order chi connectivity index (χ0) is 18.3. The lowest BCUT2D eigenvalue weighted by molar-refractivity contribution is 0.199. The van der Waals surface area contributed by atoms with Crippen LogP contribution in [0.15, 0.2) is 24.3 Å². The number of rotatable bonds is 5. The molecule has 1 aliphatic carbocycles. The summed E-state index contributed by atoms with van der Waals surface area (Å²) >= 11 is 0. The second-order valence-electron chi connectivity index (χ2n) is 7.92. The van der Waals surface area contributed by atoms with E-state index in [1.165, 1.54) is 24.0 Å². The molecule has 0 saturated heterocycles. The predicted octanol–water partition coefficient (Wildman–Crippen LogP) is 3.79. The van der Waals surface area contributed by atoms with E-state index in [-0.39, 0.29) is 0 Å². The Bertz CT molecular complexity index is 799. The number of aliphatic hydroxyl groups excluding tert-OH is 1. The molecule has 2 aromatic rings. The van der Waals surface area contributed by atoms with Crippen LogP contribution in [0.5, 0.6) is 0 Å². The van der Waals surface area contributed by atoms with Crippen molar-refractivity contribution >= 4 is 11.6 Å². The highest BCUT2D eigenvalue weighted by Gasteiger charge is 2.24. The van der Waals surface area contributed by atoms with Gasteiger partial charge in [-0.3, -0.25) is 0 Å². The van der Waals surface area contributed by atoms with Crippen LogP contribution in [0.25, 0.3) is 0 Å². The standard InChI is InChI=1S/C21H28N4O/c1-13(2)21-23-19(22-18-6-7-18)11-20(24-21)25-9-8-16-10-15(14(3)26)4-5-17(16)12-25/h4-5,10-11,13-14,18,26H,6-9,12H2,1-3H3,(H,22,23,24)/t14-/m0/s1. The number of hydrogen-bond donors (Lipinski definition) is 2. The maximum Gasteiger partial charge on any atom is 0.135 e. The summed E-state index contributed by atoms with van der Waals surface area (Å²) in [4.78, 5) is 11.9. The highest BCUT2D eigenvalue weighted by atomic mass is 16.3. The van der Waals surface area contributed by atoms with Crippen LogP contribution in [0, 0.1) is 0 Å². The van der Waals surface area contributed by atoms with Gasteiger partial charge in [-0.15, -0.1) is 0 Å². The summed E-state index contributed by atoms with van der Waals surface area (Å²) in [5.41, 5.74) is 3.66. The molecule has 1 saturated carbocycles. The summed E-state index contributed by atoms with van der Waals surface area (Å²) in [6.45, 7) is 7.90. The molecule has 0 spiro atoms. The fourth-order valence-electron chi connectivity index (χ4n) is 3.41. The largest absolute Gasteiger partial charge is 0.389 e. The average Bonchev–Trinajstić information content (AvgIpc) is 3.44. The van der Waals surface area contributed by atoms with E-state index in [1.54, 1.807) is 0 Å². The van der Waals surface area contributed by atoms with Crippen molar-refractivity contribution in [1.29, 1.82) is 0 Å². The van der Waals surface area contributed by atoms with Crippen LogP contribution in [0.2, 0.25) is 0 Å². The van der Waals surface area contributed by atoms with Crippen molar-refractivity contribution < 1.29 is 5.11 Å². The molecule has 0 unspecified atom stereocenters. The molecule has 2 heterocycles. The molecule has 1 aliphatic heterocycles. The summed E-state index contributed by atoms with van der Waals surface area (Å²) in [6.07, 6.45) is 3.03. The van der Waals surface area contributed by atoms with Crippen molar-refractivity contribution in [2.75, 3.05) is 16.8 Å². The SMILES string of the molecule is CC(C)c1nc(NC2CC2)cc(N2CCc3cc([C@H](C)O)ccc3C2)n1. The Kier molecular flexibility index (Phi) is 4.57. The number of aliphatic hydroxyl groups is 1. The number of hydrogen-bond acceptors (Lipinski definition) is 5. The molecule has 5 heteroatoms. The predicted molar refractivity (Wildman–Crippen MR) is 105 cm³/mol. The number of nitrogens with one attached hydrogen (secondary N) is 1. The van der Waals surface area contributed by atoms with E-state index in [2.05, 4.69) is 42.3 Å². The molecule has 26 heavy (non-hydrogen) atoms. The molecule has 0 bridgehead atoms. The van der Waals surface area contributed by atoms with E-state index >= 15 is 0 Å². The van der Waals surface area contributed by atoms with Gasteiger partial charge in [-0.2, -0.15) is 0 Å². The second-order valence-corrected chi connectivity index (χ2v) is 7.92. The lowest BCUT2D eigenvalue weighted by Gasteiger charge is -2.31. The third-order valence-electron chi connectivity index (χ3n) is 5.22. The Morgan fingerprint density at radius 2 is 1.92 bits per heavy atom. The Morgan fingerprint density at radius 1 is 1.12 bits per heavy atom. The van der Waals surface area contributed by atoms with Gasteiger partial charge in [0.2, 0.25) is 0 Å². The van der Waals surface area contributed by atoms with E-state index in [4.69, 9.17) is 9.97 Å². The highest BCUT2D eigenvalue weighted by Crippen LogP contribution is 2.30. The van der Waals surface area contributed by atoms with Crippen molar-refractivity contribution in [3.8, 4) is 0 Å². The minimum atomic E-state index is -0.412. The Morgan fingerprint density at radius 3 is 2.62 bits per heavy atom. The zero-order valence-electron chi connectivity index (χ0n) is 15.9. The van der Waals surface area contributed by atoms with Gasteiger partial charge in [-0.05, 0) is 42.9 Å². The summed E-state index contributed by atoms with van der Waals surface area (Å²) < 4.78 is 0. The zero-order valence-corrected chi connectivity index (χ0v) is 15.9. The van der Waals surface area contributed by atoms with Gasteiger partial charge < -0.3 is 15.3 Å². The number of anilines is 2. The summed E-state index contributed by atoms with van der Waals surface area (Å²) in [5, 5.41) is 13.3. The molecule has 0 amide bonds. The topological polar surface area (TPSA) is 61.3 Å². The van der Waals surface area contributed by atoms with Crippen LogP contribution in [0.3, 0.4) is 0 Å². The molecule has 1 atom stereocenters. The maximum atomic E-state index is 9.81. The molecule has 1 aromatic heterocycles. The maximum absolute atomic E-state index is 9.81. The fraction of sp³-hybridized carbons (Fsp3) is 0.524. The van der Waals surface area contributed by atoms with Crippen LogP contribution < -0.4 is 10.2 Å². The summed E-state index contributed by atoms with van der Waals surface area (Å²) in [5.74, 6) is 3.18. The molecule has 5 nitrogen and oxygen atoms in total. The van der Waals surface area contributed by atoms with Crippen LogP contribution in [-0.4, -0.2) is 27.7 Å². The average molecular weight is 352 g/mol. The third kappa shape index (κ3) is 3.68. The Hall–Kier alpha value is -2.14. The molecule has 2 N–H and O–H groups in total. The van der Waals surface area contributed by atoms with Crippen molar-refractivity contribution in [2.45, 2.75) is 64.6 Å². The highest BCUT2D eigenvalue weighted by molar-refractivity contribution is 5.53. The fourth-order valence-corrected chi connectivity index (χ4v) is 3.41. The van der Waals surface area contributed by atoms with E-state index < -0.39 is 6.10 Å². The van der Waals surface area contributed by atoms with Crippen LogP contribution in [-0.2, 0) is 13.0 Å². The molecule has 138 valence electrons. The lowest BCUT2D eigenvalue weighted by Crippen LogP contribution is -2.31. The van der Waals surface area contributed by atoms with Crippen molar-refractivity contribution in [2.24, 2.45) is 0 Å². The summed E-state index contributed by atoms with van der Waals surface area (Å²) in [6, 6.07) is 9.01. The van der Waals surface area contributed by atoms with E-state index in [0.717, 1.165) is 42.5 Å². The lowest BCUT2D eigenvalue weighted by atomic mass is 9.96. The van der Waals surface area contributed by atoms with Gasteiger partial charge >= 0.3 is 0 Å². The first-order valence-electron chi connectivity index (χ1n) is 9.70. The molecule has 2 aliphatic rings. The monoisotopic (exact) mass is 352 g/mol. The number of fused-ring (bicyclic) bond motifs is 1. The molecular weight excluding hydrogens is 324 g/mol. The van der Waals surface area contributed by atoms with Crippen molar-refractivity contribution in [1.82, 2.24) is 9.97 Å². The molecule has 1 fully saturated rings. The van der Waals surface area contributed by atoms with Gasteiger partial charge in [0.05, 0.1) is 6.10 Å². The van der Waals surface area contributed by atoms with E-state index in [9.17, 15) is 5.11 Å². The summed E-state index contributed by atoms with van der Waals surface area (Å²) in [7, 11) is 0. The van der Waals surface area contributed by atoms with Crippen LogP contribution in [0.1, 0.15) is 68.1 Å². The number of aromatic nitrogens is 2. The van der Waals surface area contributed by atoms with Gasteiger partial charge in [0.25, 0.3) is 0 Å². The van der Waals surface area contributed by atoms with Crippen molar-refractivity contribution in [3.05, 3.63) is 46.8 Å². The minimum absolute atomic E-state index is 0.306. The Balaban J connectivity index is 1.60. The van der Waals surface area contributed by atoms with E-state index in [0.29, 0.717) is 12.0 Å². The van der Waals surface area contributed by atoms with Gasteiger partial charge in [-0.1, -0.05) is 32.0 Å². The molecular formula is C21H28N4O. The normalized spacial score (nSPS) is 18.0. The van der Waals surface area contributed by atoms with Crippen LogP contribution in [0.4, 0.5) is 11.6 Å².